The highest BCUT2D eigenvalue weighted by Crippen LogP contribution is 2.22. The van der Waals surface area contributed by atoms with Crippen molar-refractivity contribution in [2.24, 2.45) is 0 Å². The molecule has 1 aromatic carbocycles. The van der Waals surface area contributed by atoms with Gasteiger partial charge in [0.15, 0.2) is 0 Å². The molecule has 2 N–H and O–H groups in total. The Bertz CT molecular complexity index is 799. The number of hydrogen-bond donors (Lipinski definition) is 2. The molecule has 1 aliphatic heterocycles. The number of rotatable bonds is 9. The standard InChI is InChI=1S/C22H29N3O3S/c1-3-25(4-2)19(17-10-12-29-15-17)14-23-21(26)16-7-5-8-18(13-16)24-22(27)20-9-6-11-28-20/h5,7-8,10,12-13,15,19-20H,3-4,6,9,11,14H2,1-2H3,(H,23,26)(H,24,27). The van der Waals surface area contributed by atoms with Crippen LogP contribution in [0.25, 0.3) is 0 Å². The molecule has 2 aromatic rings. The quantitative estimate of drug-likeness (QED) is 0.655. The summed E-state index contributed by atoms with van der Waals surface area (Å²) in [6.45, 7) is 7.24. The van der Waals surface area contributed by atoms with Crippen LogP contribution >= 0.6 is 11.3 Å². The van der Waals surface area contributed by atoms with E-state index in [4.69, 9.17) is 4.74 Å². The number of hydrogen-bond acceptors (Lipinski definition) is 5. The Morgan fingerprint density at radius 3 is 2.76 bits per heavy atom. The Labute approximate surface area is 176 Å². The van der Waals surface area contributed by atoms with E-state index in [9.17, 15) is 9.59 Å². The summed E-state index contributed by atoms with van der Waals surface area (Å²) in [4.78, 5) is 27.3. The highest BCUT2D eigenvalue weighted by atomic mass is 32.1. The first kappa shape index (κ1) is 21.5. The number of thiophene rings is 1. The summed E-state index contributed by atoms with van der Waals surface area (Å²) in [5, 5.41) is 10.1. The number of ether oxygens (including phenoxy) is 1. The highest BCUT2D eigenvalue weighted by molar-refractivity contribution is 7.08. The van der Waals surface area contributed by atoms with Gasteiger partial charge in [0.2, 0.25) is 0 Å². The minimum atomic E-state index is -0.395. The van der Waals surface area contributed by atoms with Crippen molar-refractivity contribution in [1.82, 2.24) is 10.2 Å². The topological polar surface area (TPSA) is 70.7 Å². The van der Waals surface area contributed by atoms with Gasteiger partial charge in [0, 0.05) is 24.4 Å². The van der Waals surface area contributed by atoms with Gasteiger partial charge in [-0.2, -0.15) is 11.3 Å². The van der Waals surface area contributed by atoms with Crippen molar-refractivity contribution in [2.75, 3.05) is 31.6 Å². The third-order valence-electron chi connectivity index (χ3n) is 5.25. The molecule has 1 aromatic heterocycles. The summed E-state index contributed by atoms with van der Waals surface area (Å²) >= 11 is 1.67. The number of carbonyl (C=O) groups is 2. The van der Waals surface area contributed by atoms with E-state index in [1.807, 2.05) is 0 Å². The SMILES string of the molecule is CCN(CC)C(CNC(=O)c1cccc(NC(=O)C2CCCO2)c1)c1ccsc1. The lowest BCUT2D eigenvalue weighted by molar-refractivity contribution is -0.124. The van der Waals surface area contributed by atoms with E-state index < -0.39 is 6.10 Å². The van der Waals surface area contributed by atoms with Crippen LogP contribution in [0.3, 0.4) is 0 Å². The van der Waals surface area contributed by atoms with Crippen molar-refractivity contribution in [1.29, 1.82) is 0 Å². The molecule has 0 aliphatic carbocycles. The van der Waals surface area contributed by atoms with Gasteiger partial charge >= 0.3 is 0 Å². The summed E-state index contributed by atoms with van der Waals surface area (Å²) < 4.78 is 5.41. The lowest BCUT2D eigenvalue weighted by Gasteiger charge is -2.29. The van der Waals surface area contributed by atoms with Gasteiger partial charge in [-0.05, 0) is 66.5 Å². The van der Waals surface area contributed by atoms with Crippen molar-refractivity contribution >= 4 is 28.8 Å². The van der Waals surface area contributed by atoms with Crippen LogP contribution in [0.5, 0.6) is 0 Å². The lowest BCUT2D eigenvalue weighted by Crippen LogP contribution is -2.38. The van der Waals surface area contributed by atoms with Gasteiger partial charge in [0.1, 0.15) is 6.10 Å². The molecule has 1 aliphatic rings. The minimum absolute atomic E-state index is 0.141. The summed E-state index contributed by atoms with van der Waals surface area (Å²) in [5.74, 6) is -0.301. The molecule has 7 heteroatoms. The summed E-state index contributed by atoms with van der Waals surface area (Å²) in [6.07, 6.45) is 1.24. The molecule has 29 heavy (non-hydrogen) atoms. The molecule has 6 nitrogen and oxygen atoms in total. The van der Waals surface area contributed by atoms with E-state index in [2.05, 4.69) is 46.2 Å². The average Bonchev–Trinajstić information content (AvgIpc) is 3.45. The van der Waals surface area contributed by atoms with Crippen molar-refractivity contribution in [2.45, 2.75) is 38.8 Å². The fourth-order valence-electron chi connectivity index (χ4n) is 3.62. The number of carbonyl (C=O) groups excluding carboxylic acids is 2. The van der Waals surface area contributed by atoms with Crippen LogP contribution in [-0.2, 0) is 9.53 Å². The second-order valence-electron chi connectivity index (χ2n) is 7.08. The van der Waals surface area contributed by atoms with Crippen molar-refractivity contribution in [3.63, 3.8) is 0 Å². The molecule has 0 spiro atoms. The average molecular weight is 416 g/mol. The number of nitrogens with zero attached hydrogens (tertiary/aromatic N) is 1. The largest absolute Gasteiger partial charge is 0.368 e. The van der Waals surface area contributed by atoms with E-state index in [-0.39, 0.29) is 17.9 Å². The monoisotopic (exact) mass is 415 g/mol. The molecular weight excluding hydrogens is 386 g/mol. The van der Waals surface area contributed by atoms with Gasteiger partial charge < -0.3 is 15.4 Å². The lowest BCUT2D eigenvalue weighted by atomic mass is 10.1. The molecule has 156 valence electrons. The Morgan fingerprint density at radius 2 is 2.10 bits per heavy atom. The fraction of sp³-hybridized carbons (Fsp3) is 0.455. The van der Waals surface area contributed by atoms with Gasteiger partial charge in [-0.15, -0.1) is 0 Å². The molecule has 2 heterocycles. The van der Waals surface area contributed by atoms with Gasteiger partial charge in [0.25, 0.3) is 11.8 Å². The van der Waals surface area contributed by atoms with Crippen LogP contribution in [0.15, 0.2) is 41.1 Å². The van der Waals surface area contributed by atoms with Crippen LogP contribution in [-0.4, -0.2) is 49.1 Å². The second-order valence-corrected chi connectivity index (χ2v) is 7.86. The minimum Gasteiger partial charge on any atom is -0.368 e. The van der Waals surface area contributed by atoms with Gasteiger partial charge in [-0.3, -0.25) is 14.5 Å². The van der Waals surface area contributed by atoms with E-state index in [1.54, 1.807) is 35.6 Å². The van der Waals surface area contributed by atoms with Crippen LogP contribution in [0.2, 0.25) is 0 Å². The Morgan fingerprint density at radius 1 is 1.28 bits per heavy atom. The fourth-order valence-corrected chi connectivity index (χ4v) is 4.33. The molecule has 0 radical (unpaired) electrons. The zero-order chi connectivity index (χ0) is 20.6. The van der Waals surface area contributed by atoms with E-state index in [0.717, 1.165) is 25.9 Å². The maximum absolute atomic E-state index is 12.7. The molecule has 3 rings (SSSR count). The van der Waals surface area contributed by atoms with Gasteiger partial charge in [-0.1, -0.05) is 19.9 Å². The number of likely N-dealkylation sites (N-methyl/N-ethyl adjacent to an activating group) is 1. The summed E-state index contributed by atoms with van der Waals surface area (Å²) in [6, 6.07) is 9.28. The van der Waals surface area contributed by atoms with Gasteiger partial charge in [0.05, 0.1) is 6.04 Å². The normalized spacial score (nSPS) is 17.3. The van der Waals surface area contributed by atoms with E-state index in [0.29, 0.717) is 24.4 Å². The van der Waals surface area contributed by atoms with E-state index in [1.165, 1.54) is 5.56 Å². The predicted molar refractivity (Wildman–Crippen MR) is 116 cm³/mol. The molecule has 1 fully saturated rings. The van der Waals surface area contributed by atoms with Crippen molar-refractivity contribution in [3.05, 3.63) is 52.2 Å². The first-order chi connectivity index (χ1) is 14.1. The molecule has 2 amide bonds. The van der Waals surface area contributed by atoms with Crippen LogP contribution in [0, 0.1) is 0 Å². The first-order valence-electron chi connectivity index (χ1n) is 10.2. The molecule has 0 saturated carbocycles. The third kappa shape index (κ3) is 5.65. The first-order valence-corrected chi connectivity index (χ1v) is 11.1. The summed E-state index contributed by atoms with van der Waals surface area (Å²) in [7, 11) is 0. The van der Waals surface area contributed by atoms with E-state index >= 15 is 0 Å². The zero-order valence-corrected chi connectivity index (χ0v) is 17.8. The maximum Gasteiger partial charge on any atom is 0.253 e. The molecule has 1 saturated heterocycles. The number of nitrogens with one attached hydrogen (secondary N) is 2. The van der Waals surface area contributed by atoms with Gasteiger partial charge in [-0.25, -0.2) is 0 Å². The smallest absolute Gasteiger partial charge is 0.253 e. The Kier molecular flexibility index (Phi) is 7.80. The maximum atomic E-state index is 12.7. The van der Waals surface area contributed by atoms with Crippen LogP contribution in [0.1, 0.15) is 48.7 Å². The zero-order valence-electron chi connectivity index (χ0n) is 17.0. The van der Waals surface area contributed by atoms with Crippen LogP contribution in [0.4, 0.5) is 5.69 Å². The predicted octanol–water partition coefficient (Wildman–Crippen LogP) is 3.68. The number of amides is 2. The molecule has 0 bridgehead atoms. The number of benzene rings is 1. The summed E-state index contributed by atoms with van der Waals surface area (Å²) in [5.41, 5.74) is 2.35. The second kappa shape index (κ2) is 10.5. The Hall–Kier alpha value is -2.22. The molecular formula is C22H29N3O3S. The van der Waals surface area contributed by atoms with Crippen molar-refractivity contribution in [3.8, 4) is 0 Å². The highest BCUT2D eigenvalue weighted by Gasteiger charge is 2.24. The molecule has 2 atom stereocenters. The number of anilines is 1. The van der Waals surface area contributed by atoms with Crippen molar-refractivity contribution < 1.29 is 14.3 Å². The Balaban J connectivity index is 1.63. The molecule has 2 unspecified atom stereocenters. The third-order valence-corrected chi connectivity index (χ3v) is 5.95. The van der Waals surface area contributed by atoms with Crippen LogP contribution < -0.4 is 10.6 Å².